The minimum Gasteiger partial charge on any atom is -0.391 e. The van der Waals surface area contributed by atoms with Crippen molar-refractivity contribution in [3.8, 4) is 0 Å². The molecule has 0 aliphatic heterocycles. The zero-order valence-electron chi connectivity index (χ0n) is 8.06. The highest BCUT2D eigenvalue weighted by atomic mass is 16.3. The average molecular weight is 182 g/mol. The fraction of sp³-hybridized carbons (Fsp3) is 0.556. The molecule has 1 aromatic rings. The van der Waals surface area contributed by atoms with E-state index in [2.05, 4.69) is 5.10 Å². The highest BCUT2D eigenvalue weighted by Crippen LogP contribution is 2.05. The lowest BCUT2D eigenvalue weighted by Crippen LogP contribution is -2.30. The van der Waals surface area contributed by atoms with Crippen molar-refractivity contribution in [2.45, 2.75) is 32.9 Å². The molecular weight excluding hydrogens is 168 g/mol. The molecule has 1 aromatic heterocycles. The van der Waals surface area contributed by atoms with Crippen molar-refractivity contribution >= 4 is 0 Å². The Morgan fingerprint density at radius 2 is 2.15 bits per heavy atom. The molecule has 72 valence electrons. The van der Waals surface area contributed by atoms with E-state index in [1.807, 2.05) is 6.92 Å². The van der Waals surface area contributed by atoms with Gasteiger partial charge in [0.2, 0.25) is 0 Å². The lowest BCUT2D eigenvalue weighted by molar-refractivity contribution is 0.129. The summed E-state index contributed by atoms with van der Waals surface area (Å²) in [6.45, 7) is 5.21. The molecule has 1 heterocycles. The molecule has 0 aromatic carbocycles. The molecule has 4 heteroatoms. The largest absolute Gasteiger partial charge is 0.391 e. The Hall–Kier alpha value is -1.16. The maximum absolute atomic E-state index is 11.4. The lowest BCUT2D eigenvalue weighted by Gasteiger charge is -2.15. The Balaban J connectivity index is 3.09. The lowest BCUT2D eigenvalue weighted by atomic mass is 10.2. The zero-order chi connectivity index (χ0) is 10.0. The number of rotatable bonds is 2. The normalized spacial score (nSPS) is 15.4. The molecule has 0 bridgehead atoms. The van der Waals surface area contributed by atoms with Gasteiger partial charge in [0.1, 0.15) is 0 Å². The summed E-state index contributed by atoms with van der Waals surface area (Å²) in [5.74, 6) is 0. The number of nitrogens with zero attached hydrogens (tertiary/aromatic N) is 2. The van der Waals surface area contributed by atoms with Gasteiger partial charge < -0.3 is 5.11 Å². The second kappa shape index (κ2) is 3.70. The third kappa shape index (κ3) is 2.15. The smallest absolute Gasteiger partial charge is 0.267 e. The second-order valence-corrected chi connectivity index (χ2v) is 3.30. The van der Waals surface area contributed by atoms with E-state index in [0.717, 1.165) is 5.56 Å². The fourth-order valence-corrected chi connectivity index (χ4v) is 1.02. The van der Waals surface area contributed by atoms with E-state index in [-0.39, 0.29) is 11.6 Å². The Bertz CT molecular complexity index is 344. The van der Waals surface area contributed by atoms with Gasteiger partial charge in [0.15, 0.2) is 0 Å². The molecule has 0 radical (unpaired) electrons. The van der Waals surface area contributed by atoms with Crippen LogP contribution in [0.25, 0.3) is 0 Å². The van der Waals surface area contributed by atoms with Crippen LogP contribution >= 0.6 is 0 Å². The minimum absolute atomic E-state index is 0.173. The van der Waals surface area contributed by atoms with Crippen LogP contribution in [0.15, 0.2) is 17.1 Å². The van der Waals surface area contributed by atoms with Gasteiger partial charge in [-0.3, -0.25) is 4.79 Å². The number of hydrogen-bond donors (Lipinski definition) is 1. The van der Waals surface area contributed by atoms with Crippen molar-refractivity contribution in [2.24, 2.45) is 0 Å². The van der Waals surface area contributed by atoms with E-state index in [0.29, 0.717) is 0 Å². The standard InChI is InChI=1S/C9H14N2O2/c1-6-4-9(13)11(10-5-6)7(2)8(3)12/h4-5,7-8,12H,1-3H3. The molecule has 0 spiro atoms. The van der Waals surface area contributed by atoms with E-state index in [1.165, 1.54) is 10.7 Å². The maximum Gasteiger partial charge on any atom is 0.267 e. The predicted octanol–water partition coefficient (Wildman–Crippen LogP) is 0.494. The molecule has 0 amide bonds. The van der Waals surface area contributed by atoms with Crippen LogP contribution in [0.2, 0.25) is 0 Å². The quantitative estimate of drug-likeness (QED) is 0.724. The molecule has 0 fully saturated rings. The molecule has 13 heavy (non-hydrogen) atoms. The molecule has 2 atom stereocenters. The SMILES string of the molecule is Cc1cnn(C(C)C(C)O)c(=O)c1. The van der Waals surface area contributed by atoms with Gasteiger partial charge in [-0.15, -0.1) is 0 Å². The van der Waals surface area contributed by atoms with Gasteiger partial charge in [0.05, 0.1) is 18.3 Å². The summed E-state index contributed by atoms with van der Waals surface area (Å²) in [5.41, 5.74) is 0.660. The fourth-order valence-electron chi connectivity index (χ4n) is 1.02. The van der Waals surface area contributed by atoms with Gasteiger partial charge in [-0.2, -0.15) is 5.10 Å². The van der Waals surface area contributed by atoms with E-state index < -0.39 is 6.10 Å². The van der Waals surface area contributed by atoms with Gasteiger partial charge in [0, 0.05) is 6.07 Å². The Labute approximate surface area is 76.8 Å². The van der Waals surface area contributed by atoms with Crippen LogP contribution in [0.3, 0.4) is 0 Å². The molecule has 2 unspecified atom stereocenters. The Morgan fingerprint density at radius 3 is 2.62 bits per heavy atom. The third-order valence-electron chi connectivity index (χ3n) is 2.05. The van der Waals surface area contributed by atoms with Crippen molar-refractivity contribution in [1.29, 1.82) is 0 Å². The van der Waals surface area contributed by atoms with Crippen LogP contribution in [-0.2, 0) is 0 Å². The molecule has 0 saturated heterocycles. The van der Waals surface area contributed by atoms with Gasteiger partial charge in [0.25, 0.3) is 5.56 Å². The van der Waals surface area contributed by atoms with Crippen molar-refractivity contribution in [3.63, 3.8) is 0 Å². The highest BCUT2D eigenvalue weighted by molar-refractivity contribution is 5.02. The van der Waals surface area contributed by atoms with Crippen molar-refractivity contribution < 1.29 is 5.11 Å². The summed E-state index contributed by atoms with van der Waals surface area (Å²) >= 11 is 0. The molecule has 1 rings (SSSR count). The number of aliphatic hydroxyl groups excluding tert-OH is 1. The van der Waals surface area contributed by atoms with Crippen molar-refractivity contribution in [1.82, 2.24) is 9.78 Å². The minimum atomic E-state index is -0.576. The topological polar surface area (TPSA) is 55.1 Å². The second-order valence-electron chi connectivity index (χ2n) is 3.30. The van der Waals surface area contributed by atoms with Gasteiger partial charge in [-0.05, 0) is 26.3 Å². The predicted molar refractivity (Wildman–Crippen MR) is 49.6 cm³/mol. The summed E-state index contributed by atoms with van der Waals surface area (Å²) in [7, 11) is 0. The number of aliphatic hydroxyl groups is 1. The Morgan fingerprint density at radius 1 is 1.54 bits per heavy atom. The number of aromatic nitrogens is 2. The van der Waals surface area contributed by atoms with Crippen LogP contribution in [0.4, 0.5) is 0 Å². The van der Waals surface area contributed by atoms with Crippen molar-refractivity contribution in [2.75, 3.05) is 0 Å². The number of hydrogen-bond acceptors (Lipinski definition) is 3. The first-order chi connectivity index (χ1) is 6.02. The molecule has 0 aliphatic carbocycles. The average Bonchev–Trinajstić information content (AvgIpc) is 2.03. The van der Waals surface area contributed by atoms with Crippen molar-refractivity contribution in [3.05, 3.63) is 28.2 Å². The summed E-state index contributed by atoms with van der Waals surface area (Å²) in [5, 5.41) is 13.2. The third-order valence-corrected chi connectivity index (χ3v) is 2.05. The van der Waals surface area contributed by atoms with Gasteiger partial charge >= 0.3 is 0 Å². The van der Waals surface area contributed by atoms with E-state index in [4.69, 9.17) is 0 Å². The van der Waals surface area contributed by atoms with E-state index in [1.54, 1.807) is 20.0 Å². The van der Waals surface area contributed by atoms with Crippen LogP contribution in [0.5, 0.6) is 0 Å². The molecule has 0 saturated carbocycles. The summed E-state index contributed by atoms with van der Waals surface area (Å²) in [6.07, 6.45) is 1.04. The highest BCUT2D eigenvalue weighted by Gasteiger charge is 2.12. The summed E-state index contributed by atoms with van der Waals surface area (Å²) in [4.78, 5) is 11.4. The summed E-state index contributed by atoms with van der Waals surface area (Å²) in [6, 6.07) is 1.22. The molecule has 4 nitrogen and oxygen atoms in total. The monoisotopic (exact) mass is 182 g/mol. The first-order valence-corrected chi connectivity index (χ1v) is 4.26. The van der Waals surface area contributed by atoms with E-state index >= 15 is 0 Å². The first kappa shape index (κ1) is 9.92. The molecule has 1 N–H and O–H groups in total. The van der Waals surface area contributed by atoms with Crippen LogP contribution in [0.1, 0.15) is 25.5 Å². The van der Waals surface area contributed by atoms with Gasteiger partial charge in [-0.1, -0.05) is 0 Å². The summed E-state index contributed by atoms with van der Waals surface area (Å²) < 4.78 is 1.29. The first-order valence-electron chi connectivity index (χ1n) is 4.26. The van der Waals surface area contributed by atoms with Crippen LogP contribution in [-0.4, -0.2) is 21.0 Å². The van der Waals surface area contributed by atoms with Crippen LogP contribution in [0, 0.1) is 6.92 Å². The van der Waals surface area contributed by atoms with Crippen LogP contribution < -0.4 is 5.56 Å². The number of aryl methyl sites for hydroxylation is 1. The van der Waals surface area contributed by atoms with E-state index in [9.17, 15) is 9.90 Å². The molecular formula is C9H14N2O2. The zero-order valence-corrected chi connectivity index (χ0v) is 8.06. The molecule has 0 aliphatic rings. The maximum atomic E-state index is 11.4. The van der Waals surface area contributed by atoms with Gasteiger partial charge in [-0.25, -0.2) is 4.68 Å². The Kier molecular flexibility index (Phi) is 2.83.